The summed E-state index contributed by atoms with van der Waals surface area (Å²) in [6.45, 7) is 3.00. The fourth-order valence-corrected chi connectivity index (χ4v) is 1.68. The summed E-state index contributed by atoms with van der Waals surface area (Å²) < 4.78 is 0. The lowest BCUT2D eigenvalue weighted by Gasteiger charge is -2.17. The Morgan fingerprint density at radius 2 is 2.10 bits per heavy atom. The predicted octanol–water partition coefficient (Wildman–Crippen LogP) is 1.40. The molecule has 0 aliphatic heterocycles. The minimum Gasteiger partial charge on any atom is -0.301 e. The molecule has 0 amide bonds. The van der Waals surface area contributed by atoms with Crippen LogP contribution in [0.25, 0.3) is 0 Å². The van der Waals surface area contributed by atoms with Crippen LogP contribution in [0.4, 0.5) is 0 Å². The third-order valence-electron chi connectivity index (χ3n) is 2.30. The highest BCUT2D eigenvalue weighted by molar-refractivity contribution is 4.74. The van der Waals surface area contributed by atoms with Gasteiger partial charge in [-0.3, -0.25) is 0 Å². The van der Waals surface area contributed by atoms with E-state index < -0.39 is 0 Å². The molecule has 1 aliphatic rings. The highest BCUT2D eigenvalue weighted by Gasteiger charge is 2.21. The molecule has 1 unspecified atom stereocenters. The van der Waals surface area contributed by atoms with Crippen molar-refractivity contribution in [2.24, 2.45) is 5.92 Å². The maximum Gasteiger partial charge on any atom is 0.0733 e. The summed E-state index contributed by atoms with van der Waals surface area (Å²) in [5.41, 5.74) is 7.66. The average Bonchev–Trinajstić information content (AvgIpc) is 2.38. The van der Waals surface area contributed by atoms with Gasteiger partial charge in [-0.15, -0.1) is 0 Å². The van der Waals surface area contributed by atoms with Crippen molar-refractivity contribution in [3.05, 3.63) is 0 Å². The standard InChI is InChI=1S/C8H17N2/c1-2-10-8(9)7-5-3-4-6-7/h7-10H,2-6H2,1H3. The molecule has 0 aromatic heterocycles. The fraction of sp³-hybridized carbons (Fsp3) is 1.00. The largest absolute Gasteiger partial charge is 0.301 e. The molecule has 1 rings (SSSR count). The Kier molecular flexibility index (Phi) is 3.16. The van der Waals surface area contributed by atoms with Gasteiger partial charge in [0.2, 0.25) is 0 Å². The van der Waals surface area contributed by atoms with Crippen molar-refractivity contribution in [3.8, 4) is 0 Å². The van der Waals surface area contributed by atoms with Crippen LogP contribution in [0.2, 0.25) is 0 Å². The molecule has 2 N–H and O–H groups in total. The first kappa shape index (κ1) is 8.02. The molecule has 1 atom stereocenters. The van der Waals surface area contributed by atoms with Crippen molar-refractivity contribution in [1.29, 1.82) is 0 Å². The van der Waals surface area contributed by atoms with Gasteiger partial charge in [-0.1, -0.05) is 19.8 Å². The highest BCUT2D eigenvalue weighted by atomic mass is 15.0. The van der Waals surface area contributed by atoms with E-state index in [2.05, 4.69) is 12.2 Å². The van der Waals surface area contributed by atoms with Gasteiger partial charge in [0.15, 0.2) is 0 Å². The van der Waals surface area contributed by atoms with Crippen LogP contribution < -0.4 is 11.1 Å². The van der Waals surface area contributed by atoms with Crippen molar-refractivity contribution >= 4 is 0 Å². The van der Waals surface area contributed by atoms with Crippen LogP contribution in [0.1, 0.15) is 32.6 Å². The van der Waals surface area contributed by atoms with Crippen molar-refractivity contribution in [1.82, 2.24) is 11.1 Å². The quantitative estimate of drug-likeness (QED) is 0.633. The molecule has 0 saturated heterocycles. The first-order valence-corrected chi connectivity index (χ1v) is 4.29. The molecule has 2 nitrogen and oxygen atoms in total. The molecule has 2 heteroatoms. The van der Waals surface area contributed by atoms with Gasteiger partial charge in [-0.05, 0) is 25.3 Å². The molecule has 0 spiro atoms. The molecule has 0 bridgehead atoms. The summed E-state index contributed by atoms with van der Waals surface area (Å²) in [7, 11) is 0. The number of hydrogen-bond acceptors (Lipinski definition) is 1. The molecule has 59 valence electrons. The number of rotatable bonds is 3. The van der Waals surface area contributed by atoms with Crippen LogP contribution in [-0.4, -0.2) is 12.7 Å². The average molecular weight is 141 g/mol. The highest BCUT2D eigenvalue weighted by Crippen LogP contribution is 2.26. The Balaban J connectivity index is 2.18. The molecule has 0 aromatic rings. The second-order valence-corrected chi connectivity index (χ2v) is 3.08. The minimum absolute atomic E-state index is 0.00694. The van der Waals surface area contributed by atoms with Gasteiger partial charge < -0.3 is 5.32 Å². The monoisotopic (exact) mass is 141 g/mol. The van der Waals surface area contributed by atoms with Crippen molar-refractivity contribution in [2.45, 2.75) is 38.8 Å². The third kappa shape index (κ3) is 1.96. The Hall–Kier alpha value is -0.0800. The van der Waals surface area contributed by atoms with Gasteiger partial charge in [-0.2, -0.15) is 0 Å². The van der Waals surface area contributed by atoms with Crippen molar-refractivity contribution < 1.29 is 0 Å². The van der Waals surface area contributed by atoms with Gasteiger partial charge in [-0.25, -0.2) is 5.73 Å². The first-order valence-electron chi connectivity index (χ1n) is 4.29. The van der Waals surface area contributed by atoms with E-state index >= 15 is 0 Å². The normalized spacial score (nSPS) is 23.4. The summed E-state index contributed by atoms with van der Waals surface area (Å²) in [5.74, 6) is 0.639. The summed E-state index contributed by atoms with van der Waals surface area (Å²) in [4.78, 5) is 0. The van der Waals surface area contributed by atoms with Crippen LogP contribution >= 0.6 is 0 Å². The molecule has 1 fully saturated rings. The second-order valence-electron chi connectivity index (χ2n) is 3.08. The Morgan fingerprint density at radius 3 is 2.60 bits per heavy atom. The lowest BCUT2D eigenvalue weighted by atomic mass is 10.1. The molecule has 10 heavy (non-hydrogen) atoms. The Labute approximate surface area is 63.2 Å². The van der Waals surface area contributed by atoms with Crippen molar-refractivity contribution in [2.75, 3.05) is 6.54 Å². The van der Waals surface area contributed by atoms with Gasteiger partial charge >= 0.3 is 0 Å². The summed E-state index contributed by atoms with van der Waals surface area (Å²) >= 11 is 0. The third-order valence-corrected chi connectivity index (χ3v) is 2.30. The van der Waals surface area contributed by atoms with Gasteiger partial charge in [0, 0.05) is 0 Å². The van der Waals surface area contributed by atoms with E-state index in [0.29, 0.717) is 5.92 Å². The van der Waals surface area contributed by atoms with E-state index in [0.717, 1.165) is 6.54 Å². The predicted molar refractivity (Wildman–Crippen MR) is 42.5 cm³/mol. The minimum atomic E-state index is 0.00694. The summed E-state index contributed by atoms with van der Waals surface area (Å²) in [6, 6.07) is 0. The van der Waals surface area contributed by atoms with Crippen LogP contribution in [0, 0.1) is 5.92 Å². The summed E-state index contributed by atoms with van der Waals surface area (Å²) in [6.07, 6.45) is 5.21. The Bertz CT molecular complexity index is 87.3. The van der Waals surface area contributed by atoms with Gasteiger partial charge in [0.25, 0.3) is 0 Å². The molecular formula is C8H17N2. The molecule has 0 heterocycles. The molecule has 1 radical (unpaired) electrons. The van der Waals surface area contributed by atoms with Crippen LogP contribution in [0.5, 0.6) is 0 Å². The van der Waals surface area contributed by atoms with E-state index in [9.17, 15) is 0 Å². The fourth-order valence-electron chi connectivity index (χ4n) is 1.68. The smallest absolute Gasteiger partial charge is 0.0733 e. The zero-order valence-electron chi connectivity index (χ0n) is 6.69. The van der Waals surface area contributed by atoms with E-state index in [1.54, 1.807) is 0 Å². The number of hydrogen-bond donors (Lipinski definition) is 1. The number of nitrogens with one attached hydrogen (secondary N) is 2. The maximum absolute atomic E-state index is 7.66. The zero-order chi connectivity index (χ0) is 7.40. The van der Waals surface area contributed by atoms with Crippen molar-refractivity contribution in [3.63, 3.8) is 0 Å². The van der Waals surface area contributed by atoms with Gasteiger partial charge in [0.1, 0.15) is 0 Å². The lowest BCUT2D eigenvalue weighted by molar-refractivity contribution is 0.364. The van der Waals surface area contributed by atoms with E-state index in [-0.39, 0.29) is 6.17 Å². The molecular weight excluding hydrogens is 124 g/mol. The topological polar surface area (TPSA) is 35.8 Å². The maximum atomic E-state index is 7.66. The SMILES string of the molecule is CCNC([NH])C1CCCC1. The summed E-state index contributed by atoms with van der Waals surface area (Å²) in [5, 5.41) is 3.15. The molecule has 0 aromatic carbocycles. The first-order chi connectivity index (χ1) is 4.84. The van der Waals surface area contributed by atoms with Crippen LogP contribution in [-0.2, 0) is 0 Å². The van der Waals surface area contributed by atoms with E-state index in [1.165, 1.54) is 25.7 Å². The van der Waals surface area contributed by atoms with Crippen LogP contribution in [0.15, 0.2) is 0 Å². The molecule has 1 saturated carbocycles. The Morgan fingerprint density at radius 1 is 1.50 bits per heavy atom. The van der Waals surface area contributed by atoms with Gasteiger partial charge in [0.05, 0.1) is 6.17 Å². The lowest BCUT2D eigenvalue weighted by Crippen LogP contribution is -2.35. The van der Waals surface area contributed by atoms with Crippen LogP contribution in [0.3, 0.4) is 0 Å². The van der Waals surface area contributed by atoms with E-state index in [4.69, 9.17) is 5.73 Å². The zero-order valence-corrected chi connectivity index (χ0v) is 6.69. The van der Waals surface area contributed by atoms with E-state index in [1.807, 2.05) is 0 Å². The second kappa shape index (κ2) is 3.94. The molecule has 1 aliphatic carbocycles.